The summed E-state index contributed by atoms with van der Waals surface area (Å²) in [5.41, 5.74) is 0.0115. The molecule has 1 saturated carbocycles. The highest BCUT2D eigenvalue weighted by molar-refractivity contribution is 5.92. The van der Waals surface area contributed by atoms with Gasteiger partial charge in [-0.3, -0.25) is 4.79 Å². The van der Waals surface area contributed by atoms with Gasteiger partial charge < -0.3 is 23.8 Å². The Morgan fingerprint density at radius 1 is 1.40 bits per heavy atom. The number of hydrogen-bond acceptors (Lipinski definition) is 6. The monoisotopic (exact) mass is 349 g/mol. The van der Waals surface area contributed by atoms with Gasteiger partial charge in [-0.25, -0.2) is 0 Å². The molecule has 1 aliphatic carbocycles. The fourth-order valence-corrected chi connectivity index (χ4v) is 3.84. The van der Waals surface area contributed by atoms with Gasteiger partial charge in [0, 0.05) is 25.1 Å². The van der Waals surface area contributed by atoms with Crippen molar-refractivity contribution in [2.24, 2.45) is 0 Å². The molecule has 0 aromatic carbocycles. The summed E-state index contributed by atoms with van der Waals surface area (Å²) in [7, 11) is 4.10. The van der Waals surface area contributed by atoms with Gasteiger partial charge in [-0.05, 0) is 39.8 Å². The van der Waals surface area contributed by atoms with Crippen LogP contribution in [0.15, 0.2) is 10.6 Å². The molecule has 3 fully saturated rings. The SMILES string of the molecule is CN(C)CC1CCC2(COCCN(C(=O)c3cc(C4CC4)on3)C2)O1. The van der Waals surface area contributed by atoms with E-state index in [-0.39, 0.29) is 12.0 Å². The molecule has 3 heterocycles. The molecule has 7 heteroatoms. The Morgan fingerprint density at radius 2 is 2.24 bits per heavy atom. The fraction of sp³-hybridized carbons (Fsp3) is 0.778. The molecule has 1 aromatic rings. The van der Waals surface area contributed by atoms with Gasteiger partial charge in [0.1, 0.15) is 11.4 Å². The first-order valence-electron chi connectivity index (χ1n) is 9.21. The van der Waals surface area contributed by atoms with E-state index in [1.807, 2.05) is 11.0 Å². The summed E-state index contributed by atoms with van der Waals surface area (Å²) >= 11 is 0. The molecular formula is C18H27N3O4. The van der Waals surface area contributed by atoms with Crippen molar-refractivity contribution in [3.63, 3.8) is 0 Å². The standard InChI is InChI=1S/C18H27N3O4/c1-20(2)10-14-5-6-18(24-14)11-21(7-8-23-12-18)17(22)15-9-16(25-19-15)13-3-4-13/h9,13-14H,3-8,10-12H2,1-2H3. The van der Waals surface area contributed by atoms with Crippen molar-refractivity contribution in [1.29, 1.82) is 0 Å². The molecule has 2 saturated heterocycles. The number of carbonyl (C=O) groups is 1. The van der Waals surface area contributed by atoms with Gasteiger partial charge in [-0.2, -0.15) is 0 Å². The molecule has 4 rings (SSSR count). The zero-order chi connectivity index (χ0) is 17.4. The van der Waals surface area contributed by atoms with Gasteiger partial charge >= 0.3 is 0 Å². The molecule has 138 valence electrons. The van der Waals surface area contributed by atoms with Crippen LogP contribution in [-0.4, -0.2) is 79.5 Å². The first-order chi connectivity index (χ1) is 12.0. The Hall–Kier alpha value is -1.44. The summed E-state index contributed by atoms with van der Waals surface area (Å²) in [6.45, 7) is 3.09. The summed E-state index contributed by atoms with van der Waals surface area (Å²) in [6, 6.07) is 1.81. The van der Waals surface area contributed by atoms with Crippen LogP contribution in [0.5, 0.6) is 0 Å². The molecule has 25 heavy (non-hydrogen) atoms. The summed E-state index contributed by atoms with van der Waals surface area (Å²) < 4.78 is 17.5. The van der Waals surface area contributed by atoms with Gasteiger partial charge in [0.05, 0.1) is 25.9 Å². The third kappa shape index (κ3) is 3.73. The van der Waals surface area contributed by atoms with E-state index >= 15 is 0 Å². The lowest BCUT2D eigenvalue weighted by molar-refractivity contribution is -0.0878. The van der Waals surface area contributed by atoms with Crippen molar-refractivity contribution in [3.05, 3.63) is 17.5 Å². The van der Waals surface area contributed by atoms with Crippen LogP contribution in [0.1, 0.15) is 47.8 Å². The highest BCUT2D eigenvalue weighted by atomic mass is 16.6. The van der Waals surface area contributed by atoms with E-state index < -0.39 is 5.60 Å². The maximum Gasteiger partial charge on any atom is 0.276 e. The molecule has 0 bridgehead atoms. The zero-order valence-electron chi connectivity index (χ0n) is 15.1. The molecule has 0 radical (unpaired) electrons. The number of likely N-dealkylation sites (N-methyl/N-ethyl adjacent to an activating group) is 1. The van der Waals surface area contributed by atoms with Crippen molar-refractivity contribution in [2.75, 3.05) is 46.9 Å². The second-order valence-electron chi connectivity index (χ2n) is 7.89. The van der Waals surface area contributed by atoms with Crippen LogP contribution >= 0.6 is 0 Å². The van der Waals surface area contributed by atoms with E-state index in [0.717, 1.165) is 38.0 Å². The van der Waals surface area contributed by atoms with E-state index in [0.29, 0.717) is 37.9 Å². The highest BCUT2D eigenvalue weighted by Gasteiger charge is 2.44. The van der Waals surface area contributed by atoms with Gasteiger partial charge in [0.2, 0.25) is 0 Å². The number of nitrogens with zero attached hydrogens (tertiary/aromatic N) is 3. The summed E-state index contributed by atoms with van der Waals surface area (Å²) in [4.78, 5) is 16.8. The Labute approximate surface area is 148 Å². The quantitative estimate of drug-likeness (QED) is 0.821. The topological polar surface area (TPSA) is 68.0 Å². The molecule has 2 atom stereocenters. The average molecular weight is 349 g/mol. The normalized spacial score (nSPS) is 30.2. The lowest BCUT2D eigenvalue weighted by Crippen LogP contribution is -2.47. The van der Waals surface area contributed by atoms with E-state index in [1.165, 1.54) is 0 Å². The lowest BCUT2D eigenvalue weighted by Gasteiger charge is -2.32. The summed E-state index contributed by atoms with van der Waals surface area (Å²) in [5.74, 6) is 1.21. The Balaban J connectivity index is 1.45. The Morgan fingerprint density at radius 3 is 3.00 bits per heavy atom. The maximum atomic E-state index is 12.9. The van der Waals surface area contributed by atoms with Crippen LogP contribution in [0.4, 0.5) is 0 Å². The predicted molar refractivity (Wildman–Crippen MR) is 90.6 cm³/mol. The molecule has 1 spiro atoms. The van der Waals surface area contributed by atoms with Crippen LogP contribution in [-0.2, 0) is 9.47 Å². The first kappa shape index (κ1) is 17.0. The molecule has 2 aliphatic heterocycles. The molecule has 3 aliphatic rings. The third-order valence-corrected chi connectivity index (χ3v) is 5.27. The van der Waals surface area contributed by atoms with Crippen molar-refractivity contribution in [1.82, 2.24) is 15.0 Å². The number of carbonyl (C=O) groups excluding carboxylic acids is 1. The second kappa shape index (κ2) is 6.70. The van der Waals surface area contributed by atoms with Crippen molar-refractivity contribution in [3.8, 4) is 0 Å². The van der Waals surface area contributed by atoms with Gasteiger partial charge in [0.15, 0.2) is 5.69 Å². The number of amides is 1. The third-order valence-electron chi connectivity index (χ3n) is 5.27. The first-order valence-corrected chi connectivity index (χ1v) is 9.21. The Bertz CT molecular complexity index is 628. The minimum absolute atomic E-state index is 0.0832. The molecule has 7 nitrogen and oxygen atoms in total. The van der Waals surface area contributed by atoms with Crippen LogP contribution in [0, 0.1) is 0 Å². The number of rotatable bonds is 4. The fourth-order valence-electron chi connectivity index (χ4n) is 3.84. The van der Waals surface area contributed by atoms with Crippen LogP contribution in [0.25, 0.3) is 0 Å². The number of hydrogen-bond donors (Lipinski definition) is 0. The van der Waals surface area contributed by atoms with E-state index in [4.69, 9.17) is 14.0 Å². The lowest BCUT2D eigenvalue weighted by atomic mass is 10.00. The molecular weight excluding hydrogens is 322 g/mol. The smallest absolute Gasteiger partial charge is 0.276 e. The summed E-state index contributed by atoms with van der Waals surface area (Å²) in [6.07, 6.45) is 4.37. The van der Waals surface area contributed by atoms with Gasteiger partial charge in [-0.1, -0.05) is 5.16 Å². The van der Waals surface area contributed by atoms with Crippen LogP contribution in [0.2, 0.25) is 0 Å². The van der Waals surface area contributed by atoms with Crippen LogP contribution in [0.3, 0.4) is 0 Å². The van der Waals surface area contributed by atoms with E-state index in [1.54, 1.807) is 0 Å². The molecule has 2 unspecified atom stereocenters. The van der Waals surface area contributed by atoms with Crippen molar-refractivity contribution in [2.45, 2.75) is 43.3 Å². The zero-order valence-corrected chi connectivity index (χ0v) is 15.1. The molecule has 1 aromatic heterocycles. The largest absolute Gasteiger partial charge is 0.377 e. The molecule has 1 amide bonds. The van der Waals surface area contributed by atoms with Crippen molar-refractivity contribution >= 4 is 5.91 Å². The second-order valence-corrected chi connectivity index (χ2v) is 7.89. The number of aromatic nitrogens is 1. The number of ether oxygens (including phenoxy) is 2. The van der Waals surface area contributed by atoms with E-state index in [9.17, 15) is 4.79 Å². The molecule has 0 N–H and O–H groups in total. The maximum absolute atomic E-state index is 12.9. The average Bonchev–Trinajstić information content (AvgIpc) is 3.24. The summed E-state index contributed by atoms with van der Waals surface area (Å²) in [5, 5.41) is 4.00. The van der Waals surface area contributed by atoms with E-state index in [2.05, 4.69) is 24.2 Å². The van der Waals surface area contributed by atoms with Crippen molar-refractivity contribution < 1.29 is 18.8 Å². The minimum atomic E-state index is -0.393. The Kier molecular flexibility index (Phi) is 4.56. The highest BCUT2D eigenvalue weighted by Crippen LogP contribution is 2.40. The van der Waals surface area contributed by atoms with Crippen LogP contribution < -0.4 is 0 Å². The predicted octanol–water partition coefficient (Wildman–Crippen LogP) is 1.50. The van der Waals surface area contributed by atoms with Gasteiger partial charge in [0.25, 0.3) is 5.91 Å². The van der Waals surface area contributed by atoms with Gasteiger partial charge in [-0.15, -0.1) is 0 Å². The minimum Gasteiger partial charge on any atom is -0.377 e.